The van der Waals surface area contributed by atoms with Crippen LogP contribution in [0.4, 0.5) is 5.69 Å². The molecule has 5 heteroatoms. The summed E-state index contributed by atoms with van der Waals surface area (Å²) < 4.78 is 0. The van der Waals surface area contributed by atoms with Gasteiger partial charge in [0.2, 0.25) is 11.8 Å². The molecular formula is C18H20N2O3. The molecule has 0 spiro atoms. The van der Waals surface area contributed by atoms with Crippen LogP contribution in [0.1, 0.15) is 36.5 Å². The minimum Gasteiger partial charge on any atom is -0.342 e. The van der Waals surface area contributed by atoms with Crippen LogP contribution in [-0.2, 0) is 9.59 Å². The maximum atomic E-state index is 13.0. The second-order valence-electron chi connectivity index (χ2n) is 6.99. The van der Waals surface area contributed by atoms with E-state index in [0.717, 1.165) is 32.4 Å². The van der Waals surface area contributed by atoms with Crippen LogP contribution in [-0.4, -0.2) is 35.6 Å². The lowest BCUT2D eigenvalue weighted by atomic mass is 9.92. The summed E-state index contributed by atoms with van der Waals surface area (Å²) in [5.74, 6) is -1.38. The summed E-state index contributed by atoms with van der Waals surface area (Å²) in [5, 5.41) is 2.83. The number of hydrogen-bond acceptors (Lipinski definition) is 3. The van der Waals surface area contributed by atoms with E-state index in [1.165, 1.54) is 0 Å². The van der Waals surface area contributed by atoms with Crippen LogP contribution >= 0.6 is 0 Å². The minimum absolute atomic E-state index is 0.0277. The zero-order valence-corrected chi connectivity index (χ0v) is 13.2. The molecule has 0 aromatic heterocycles. The van der Waals surface area contributed by atoms with Gasteiger partial charge in [0.25, 0.3) is 0 Å². The van der Waals surface area contributed by atoms with E-state index in [9.17, 15) is 14.4 Å². The van der Waals surface area contributed by atoms with Gasteiger partial charge in [0.1, 0.15) is 0 Å². The first-order valence-electron chi connectivity index (χ1n) is 8.28. The molecule has 0 bridgehead atoms. The van der Waals surface area contributed by atoms with Crippen molar-refractivity contribution in [1.29, 1.82) is 0 Å². The third-order valence-electron chi connectivity index (χ3n) is 5.65. The SMILES string of the molecule is C[C@]12C(=O)c3ccccc3NC(=O)[C@H]1[C@H]2C(=O)N1CCCCC1. The normalized spacial score (nSPS) is 32.5. The quantitative estimate of drug-likeness (QED) is 0.863. The summed E-state index contributed by atoms with van der Waals surface area (Å²) in [6.45, 7) is 3.25. The molecule has 0 radical (unpaired) electrons. The van der Waals surface area contributed by atoms with E-state index in [2.05, 4.69) is 5.32 Å². The molecule has 120 valence electrons. The Morgan fingerprint density at radius 1 is 1.17 bits per heavy atom. The Labute approximate surface area is 135 Å². The van der Waals surface area contributed by atoms with E-state index in [-0.39, 0.29) is 17.6 Å². The summed E-state index contributed by atoms with van der Waals surface area (Å²) in [4.78, 5) is 40.2. The molecule has 1 aliphatic carbocycles. The first-order valence-corrected chi connectivity index (χ1v) is 8.28. The lowest BCUT2D eigenvalue weighted by Gasteiger charge is -2.27. The van der Waals surface area contributed by atoms with Crippen LogP contribution in [0.15, 0.2) is 24.3 Å². The highest BCUT2D eigenvalue weighted by Crippen LogP contribution is 2.62. The minimum atomic E-state index is -0.898. The highest BCUT2D eigenvalue weighted by Gasteiger charge is 2.73. The van der Waals surface area contributed by atoms with Gasteiger partial charge in [0, 0.05) is 18.7 Å². The number of ketones is 1. The van der Waals surface area contributed by atoms with Crippen molar-refractivity contribution in [2.75, 3.05) is 18.4 Å². The molecule has 1 saturated heterocycles. The first-order chi connectivity index (χ1) is 11.0. The van der Waals surface area contributed by atoms with E-state index < -0.39 is 17.3 Å². The van der Waals surface area contributed by atoms with E-state index >= 15 is 0 Å². The maximum Gasteiger partial charge on any atom is 0.229 e. The molecule has 2 aliphatic heterocycles. The Hall–Kier alpha value is -2.17. The summed E-state index contributed by atoms with van der Waals surface area (Å²) in [7, 11) is 0. The van der Waals surface area contributed by atoms with Crippen molar-refractivity contribution in [1.82, 2.24) is 4.90 Å². The summed E-state index contributed by atoms with van der Waals surface area (Å²) in [6.07, 6.45) is 3.15. The number of fused-ring (bicyclic) bond motifs is 2. The standard InChI is InChI=1S/C18H20N2O3/c1-18-13(14(18)17(23)20-9-5-2-6-10-20)16(22)19-12-8-4-3-7-11(12)15(18)21/h3-4,7-8,13-14H,2,5-6,9-10H2,1H3,(H,19,22)/t13-,14+,18+/m1/s1. The van der Waals surface area contributed by atoms with Crippen LogP contribution in [0.5, 0.6) is 0 Å². The zero-order chi connectivity index (χ0) is 16.2. The number of likely N-dealkylation sites (tertiary alicyclic amines) is 1. The molecule has 1 N–H and O–H groups in total. The van der Waals surface area contributed by atoms with Crippen LogP contribution < -0.4 is 5.32 Å². The lowest BCUT2D eigenvalue weighted by Crippen LogP contribution is -2.38. The van der Waals surface area contributed by atoms with Gasteiger partial charge in [0.15, 0.2) is 5.78 Å². The summed E-state index contributed by atoms with van der Waals surface area (Å²) in [5.41, 5.74) is 0.172. The van der Waals surface area contributed by atoms with E-state index in [1.54, 1.807) is 31.2 Å². The number of Topliss-reactive ketones (excluding diaryl/α,β-unsaturated/α-hetero) is 1. The van der Waals surface area contributed by atoms with Crippen molar-refractivity contribution in [3.8, 4) is 0 Å². The van der Waals surface area contributed by atoms with Crippen molar-refractivity contribution in [2.24, 2.45) is 17.3 Å². The van der Waals surface area contributed by atoms with Crippen molar-refractivity contribution in [2.45, 2.75) is 26.2 Å². The molecule has 0 unspecified atom stereocenters. The van der Waals surface area contributed by atoms with Crippen molar-refractivity contribution in [3.05, 3.63) is 29.8 Å². The lowest BCUT2D eigenvalue weighted by molar-refractivity contribution is -0.135. The highest BCUT2D eigenvalue weighted by atomic mass is 16.2. The van der Waals surface area contributed by atoms with Gasteiger partial charge in [-0.2, -0.15) is 0 Å². The Balaban J connectivity index is 1.68. The second-order valence-corrected chi connectivity index (χ2v) is 6.99. The Bertz CT molecular complexity index is 708. The van der Waals surface area contributed by atoms with Crippen molar-refractivity contribution in [3.63, 3.8) is 0 Å². The van der Waals surface area contributed by atoms with Gasteiger partial charge >= 0.3 is 0 Å². The van der Waals surface area contributed by atoms with Gasteiger partial charge in [-0.25, -0.2) is 0 Å². The van der Waals surface area contributed by atoms with Crippen LogP contribution in [0, 0.1) is 17.3 Å². The van der Waals surface area contributed by atoms with Gasteiger partial charge in [0.05, 0.1) is 22.9 Å². The van der Waals surface area contributed by atoms with Crippen LogP contribution in [0.2, 0.25) is 0 Å². The van der Waals surface area contributed by atoms with E-state index in [1.807, 2.05) is 4.90 Å². The monoisotopic (exact) mass is 312 g/mol. The summed E-state index contributed by atoms with van der Waals surface area (Å²) in [6, 6.07) is 7.05. The number of nitrogens with zero attached hydrogens (tertiary/aromatic N) is 1. The molecule has 3 aliphatic rings. The first kappa shape index (κ1) is 14.4. The number of nitrogens with one attached hydrogen (secondary N) is 1. The molecule has 2 heterocycles. The van der Waals surface area contributed by atoms with Gasteiger partial charge in [-0.3, -0.25) is 14.4 Å². The van der Waals surface area contributed by atoms with Crippen molar-refractivity contribution < 1.29 is 14.4 Å². The Kier molecular flexibility index (Phi) is 3.08. The van der Waals surface area contributed by atoms with Crippen molar-refractivity contribution >= 4 is 23.3 Å². The average molecular weight is 312 g/mol. The van der Waals surface area contributed by atoms with Crippen LogP contribution in [0.25, 0.3) is 0 Å². The van der Waals surface area contributed by atoms with Gasteiger partial charge in [-0.05, 0) is 31.4 Å². The van der Waals surface area contributed by atoms with Gasteiger partial charge in [-0.1, -0.05) is 19.1 Å². The second kappa shape index (κ2) is 4.91. The largest absolute Gasteiger partial charge is 0.342 e. The number of carbonyl (C=O) groups is 3. The number of rotatable bonds is 1. The third-order valence-corrected chi connectivity index (χ3v) is 5.65. The molecule has 1 aromatic carbocycles. The molecule has 1 saturated carbocycles. The zero-order valence-electron chi connectivity index (χ0n) is 13.2. The highest BCUT2D eigenvalue weighted by molar-refractivity contribution is 6.19. The topological polar surface area (TPSA) is 66.5 Å². The molecule has 4 rings (SSSR count). The maximum absolute atomic E-state index is 13.0. The number of anilines is 1. The number of carbonyl (C=O) groups excluding carboxylic acids is 3. The predicted molar refractivity (Wildman–Crippen MR) is 84.9 cm³/mol. The molecule has 3 atom stereocenters. The third kappa shape index (κ3) is 1.95. The smallest absolute Gasteiger partial charge is 0.229 e. The Morgan fingerprint density at radius 2 is 1.87 bits per heavy atom. The molecule has 2 amide bonds. The fraction of sp³-hybridized carbons (Fsp3) is 0.500. The average Bonchev–Trinajstić information content (AvgIpc) is 3.23. The fourth-order valence-electron chi connectivity index (χ4n) is 4.22. The molecule has 2 fully saturated rings. The predicted octanol–water partition coefficient (Wildman–Crippen LogP) is 2.09. The fourth-order valence-corrected chi connectivity index (χ4v) is 4.22. The molecule has 23 heavy (non-hydrogen) atoms. The number of para-hydroxylation sites is 1. The summed E-state index contributed by atoms with van der Waals surface area (Å²) >= 11 is 0. The number of amides is 2. The molecular weight excluding hydrogens is 292 g/mol. The van der Waals surface area contributed by atoms with Crippen LogP contribution in [0.3, 0.4) is 0 Å². The van der Waals surface area contributed by atoms with E-state index in [4.69, 9.17) is 0 Å². The Morgan fingerprint density at radius 3 is 2.61 bits per heavy atom. The van der Waals surface area contributed by atoms with E-state index in [0.29, 0.717) is 11.3 Å². The number of piperidine rings is 1. The van der Waals surface area contributed by atoms with Gasteiger partial charge in [-0.15, -0.1) is 0 Å². The molecule has 5 nitrogen and oxygen atoms in total. The molecule has 1 aromatic rings. The number of benzene rings is 1. The van der Waals surface area contributed by atoms with Gasteiger partial charge < -0.3 is 10.2 Å². The number of hydrogen-bond donors (Lipinski definition) is 1.